The first kappa shape index (κ1) is 13.5. The second-order valence-corrected chi connectivity index (χ2v) is 6.13. The quantitative estimate of drug-likeness (QED) is 0.773. The van der Waals surface area contributed by atoms with E-state index in [1.807, 2.05) is 12.4 Å². The molecular formula is C19H23N3. The minimum atomic E-state index is 0. The van der Waals surface area contributed by atoms with Gasteiger partial charge in [0.1, 0.15) is 5.65 Å². The highest BCUT2D eigenvalue weighted by Gasteiger charge is 2.11. The highest BCUT2D eigenvalue weighted by Crippen LogP contribution is 2.27. The number of fused-ring (bicyclic) bond motifs is 1. The van der Waals surface area contributed by atoms with Gasteiger partial charge in [-0.3, -0.25) is 4.90 Å². The number of aromatic amines is 1. The minimum Gasteiger partial charge on any atom is -0.346 e. The molecule has 2 aromatic heterocycles. The van der Waals surface area contributed by atoms with Crippen LogP contribution in [-0.4, -0.2) is 28.0 Å². The van der Waals surface area contributed by atoms with Crippen LogP contribution in [0.5, 0.6) is 0 Å². The first-order valence-corrected chi connectivity index (χ1v) is 8.14. The Morgan fingerprint density at radius 2 is 1.82 bits per heavy atom. The van der Waals surface area contributed by atoms with Gasteiger partial charge >= 0.3 is 0 Å². The van der Waals surface area contributed by atoms with Gasteiger partial charge in [-0.2, -0.15) is 0 Å². The van der Waals surface area contributed by atoms with Crippen molar-refractivity contribution in [2.45, 2.75) is 25.8 Å². The van der Waals surface area contributed by atoms with E-state index in [1.54, 1.807) is 0 Å². The molecule has 0 radical (unpaired) electrons. The second kappa shape index (κ2) is 5.93. The van der Waals surface area contributed by atoms with Crippen molar-refractivity contribution in [1.29, 1.82) is 0 Å². The van der Waals surface area contributed by atoms with Crippen molar-refractivity contribution >= 4 is 11.0 Å². The SMILES string of the molecule is [HH].c1cc(-c2ccc(CN3CCCCC3)cc2)c2cc[nH]c2n1. The molecule has 3 nitrogen and oxygen atoms in total. The van der Waals surface area contributed by atoms with Gasteiger partial charge in [0.25, 0.3) is 0 Å². The maximum absolute atomic E-state index is 4.36. The summed E-state index contributed by atoms with van der Waals surface area (Å²) in [6, 6.07) is 13.2. The summed E-state index contributed by atoms with van der Waals surface area (Å²) in [6.07, 6.45) is 7.91. The largest absolute Gasteiger partial charge is 0.346 e. The fraction of sp³-hybridized carbons (Fsp3) is 0.316. The van der Waals surface area contributed by atoms with Gasteiger partial charge in [-0.15, -0.1) is 0 Å². The Labute approximate surface area is 132 Å². The van der Waals surface area contributed by atoms with Crippen LogP contribution in [0.15, 0.2) is 48.8 Å². The average molecular weight is 293 g/mol. The molecule has 1 saturated heterocycles. The Bertz CT molecular complexity index is 758. The first-order chi connectivity index (χ1) is 10.9. The summed E-state index contributed by atoms with van der Waals surface area (Å²) < 4.78 is 0. The Morgan fingerprint density at radius 3 is 2.64 bits per heavy atom. The van der Waals surface area contributed by atoms with E-state index in [0.29, 0.717) is 0 Å². The number of pyridine rings is 1. The number of hydrogen-bond donors (Lipinski definition) is 1. The number of likely N-dealkylation sites (tertiary alicyclic amines) is 1. The smallest absolute Gasteiger partial charge is 0.137 e. The third-order valence-electron chi connectivity index (χ3n) is 4.58. The number of aromatic nitrogens is 2. The molecule has 1 aromatic carbocycles. The normalized spacial score (nSPS) is 16.2. The number of nitrogens with zero attached hydrogens (tertiary/aromatic N) is 2. The molecule has 3 aromatic rings. The van der Waals surface area contributed by atoms with Crippen molar-refractivity contribution in [3.63, 3.8) is 0 Å². The van der Waals surface area contributed by atoms with Crippen LogP contribution in [0.4, 0.5) is 0 Å². The summed E-state index contributed by atoms with van der Waals surface area (Å²) in [5.74, 6) is 0. The zero-order valence-electron chi connectivity index (χ0n) is 12.8. The fourth-order valence-corrected chi connectivity index (χ4v) is 3.38. The predicted molar refractivity (Wildman–Crippen MR) is 92.8 cm³/mol. The summed E-state index contributed by atoms with van der Waals surface area (Å²) >= 11 is 0. The molecule has 1 aliphatic rings. The van der Waals surface area contributed by atoms with Crippen molar-refractivity contribution < 1.29 is 1.43 Å². The summed E-state index contributed by atoms with van der Waals surface area (Å²) in [6.45, 7) is 3.57. The van der Waals surface area contributed by atoms with Crippen molar-refractivity contribution in [1.82, 2.24) is 14.9 Å². The zero-order chi connectivity index (χ0) is 14.8. The van der Waals surface area contributed by atoms with Crippen LogP contribution in [0, 0.1) is 0 Å². The van der Waals surface area contributed by atoms with E-state index in [0.717, 1.165) is 12.2 Å². The number of nitrogens with one attached hydrogen (secondary N) is 1. The van der Waals surface area contributed by atoms with Crippen molar-refractivity contribution in [3.05, 3.63) is 54.4 Å². The van der Waals surface area contributed by atoms with Gasteiger partial charge in [-0.05, 0) is 54.8 Å². The molecule has 3 heteroatoms. The third-order valence-corrected chi connectivity index (χ3v) is 4.58. The van der Waals surface area contributed by atoms with E-state index in [9.17, 15) is 0 Å². The summed E-state index contributed by atoms with van der Waals surface area (Å²) in [5.41, 5.74) is 4.87. The summed E-state index contributed by atoms with van der Waals surface area (Å²) in [5, 5.41) is 1.19. The lowest BCUT2D eigenvalue weighted by Gasteiger charge is -2.26. The molecule has 1 fully saturated rings. The molecule has 114 valence electrons. The Balaban J connectivity index is 0.00000156. The van der Waals surface area contributed by atoms with Crippen molar-refractivity contribution in [2.24, 2.45) is 0 Å². The molecule has 3 heterocycles. The predicted octanol–water partition coefficient (Wildman–Crippen LogP) is 4.46. The number of H-pyrrole nitrogens is 1. The lowest BCUT2D eigenvalue weighted by Crippen LogP contribution is -2.28. The monoisotopic (exact) mass is 293 g/mol. The van der Waals surface area contributed by atoms with E-state index in [1.165, 1.54) is 54.4 Å². The maximum atomic E-state index is 4.36. The zero-order valence-corrected chi connectivity index (χ0v) is 12.8. The molecule has 0 spiro atoms. The van der Waals surface area contributed by atoms with E-state index in [-0.39, 0.29) is 1.43 Å². The van der Waals surface area contributed by atoms with Crippen LogP contribution in [-0.2, 0) is 6.54 Å². The van der Waals surface area contributed by atoms with Crippen LogP contribution in [0.1, 0.15) is 26.3 Å². The lowest BCUT2D eigenvalue weighted by molar-refractivity contribution is 0.221. The van der Waals surface area contributed by atoms with Gasteiger partial charge in [-0.1, -0.05) is 30.7 Å². The van der Waals surface area contributed by atoms with Gasteiger partial charge in [0, 0.05) is 25.8 Å². The Hall–Kier alpha value is -2.13. The lowest BCUT2D eigenvalue weighted by atomic mass is 10.0. The number of hydrogen-bond acceptors (Lipinski definition) is 2. The molecule has 1 N–H and O–H groups in total. The molecule has 0 amide bonds. The summed E-state index contributed by atoms with van der Waals surface area (Å²) in [4.78, 5) is 10.1. The number of rotatable bonds is 3. The van der Waals surface area contributed by atoms with Gasteiger partial charge in [0.05, 0.1) is 0 Å². The highest BCUT2D eigenvalue weighted by molar-refractivity contribution is 5.92. The maximum Gasteiger partial charge on any atom is 0.137 e. The standard InChI is InChI=1S/C19H21N3.H2/c1-2-12-22(13-3-1)14-15-4-6-16(7-5-15)17-8-10-20-19-18(17)9-11-21-19;/h4-11H,1-3,12-14H2,(H,20,21);1H. The molecular weight excluding hydrogens is 270 g/mol. The molecule has 4 rings (SSSR count). The first-order valence-electron chi connectivity index (χ1n) is 8.14. The summed E-state index contributed by atoms with van der Waals surface area (Å²) in [7, 11) is 0. The second-order valence-electron chi connectivity index (χ2n) is 6.13. The van der Waals surface area contributed by atoms with E-state index in [4.69, 9.17) is 0 Å². The molecule has 22 heavy (non-hydrogen) atoms. The molecule has 0 aliphatic carbocycles. The average Bonchev–Trinajstić information content (AvgIpc) is 3.05. The van der Waals surface area contributed by atoms with E-state index in [2.05, 4.69) is 51.3 Å². The molecule has 1 aliphatic heterocycles. The van der Waals surface area contributed by atoms with Crippen LogP contribution in [0.3, 0.4) is 0 Å². The van der Waals surface area contributed by atoms with Gasteiger partial charge < -0.3 is 4.98 Å². The third kappa shape index (κ3) is 2.64. The molecule has 0 saturated carbocycles. The molecule has 0 atom stereocenters. The van der Waals surface area contributed by atoms with Gasteiger partial charge in [0.2, 0.25) is 0 Å². The Morgan fingerprint density at radius 1 is 1.00 bits per heavy atom. The highest BCUT2D eigenvalue weighted by atomic mass is 15.1. The van der Waals surface area contributed by atoms with Crippen LogP contribution < -0.4 is 0 Å². The minimum absolute atomic E-state index is 0. The number of benzene rings is 1. The van der Waals surface area contributed by atoms with E-state index >= 15 is 0 Å². The Kier molecular flexibility index (Phi) is 3.65. The molecule has 0 bridgehead atoms. The molecule has 0 unspecified atom stereocenters. The van der Waals surface area contributed by atoms with Crippen LogP contribution in [0.2, 0.25) is 0 Å². The topological polar surface area (TPSA) is 31.9 Å². The van der Waals surface area contributed by atoms with Crippen molar-refractivity contribution in [3.8, 4) is 11.1 Å². The van der Waals surface area contributed by atoms with Gasteiger partial charge in [-0.25, -0.2) is 4.98 Å². The van der Waals surface area contributed by atoms with E-state index < -0.39 is 0 Å². The van der Waals surface area contributed by atoms with Gasteiger partial charge in [0.15, 0.2) is 0 Å². The van der Waals surface area contributed by atoms with Crippen molar-refractivity contribution in [2.75, 3.05) is 13.1 Å². The number of piperidine rings is 1. The van der Waals surface area contributed by atoms with Crippen LogP contribution >= 0.6 is 0 Å². The fourth-order valence-electron chi connectivity index (χ4n) is 3.38. The van der Waals surface area contributed by atoms with Crippen LogP contribution in [0.25, 0.3) is 22.2 Å².